The summed E-state index contributed by atoms with van der Waals surface area (Å²) in [5.74, 6) is 0.894. The molecule has 0 aliphatic carbocycles. The summed E-state index contributed by atoms with van der Waals surface area (Å²) in [5.41, 5.74) is 2.30. The SMILES string of the molecule is CSc1ccc(Cl)c(C(=O)N2CC3CN(CCC(=O)Nc4ccc(C)c(Cl)c4)CC3C2)c1. The largest absolute Gasteiger partial charge is 0.338 e. The van der Waals surface area contributed by atoms with Gasteiger partial charge in [-0.2, -0.15) is 0 Å². The Morgan fingerprint density at radius 2 is 1.75 bits per heavy atom. The van der Waals surface area contributed by atoms with Crippen LogP contribution in [-0.2, 0) is 4.79 Å². The van der Waals surface area contributed by atoms with Gasteiger partial charge in [0.2, 0.25) is 5.91 Å². The van der Waals surface area contributed by atoms with Crippen LogP contribution in [0, 0.1) is 18.8 Å². The number of hydrogen-bond donors (Lipinski definition) is 1. The third kappa shape index (κ3) is 5.25. The normalized spacial score (nSPS) is 20.4. The number of hydrogen-bond acceptors (Lipinski definition) is 4. The second-order valence-electron chi connectivity index (χ2n) is 8.60. The van der Waals surface area contributed by atoms with Crippen molar-refractivity contribution in [1.82, 2.24) is 9.80 Å². The smallest absolute Gasteiger partial charge is 0.255 e. The Balaban J connectivity index is 1.26. The summed E-state index contributed by atoms with van der Waals surface area (Å²) < 4.78 is 0. The minimum absolute atomic E-state index is 0.0119. The van der Waals surface area contributed by atoms with Crippen molar-refractivity contribution in [2.24, 2.45) is 11.8 Å². The number of carbonyl (C=O) groups excluding carboxylic acids is 2. The topological polar surface area (TPSA) is 52.7 Å². The number of halogens is 2. The molecule has 2 atom stereocenters. The minimum Gasteiger partial charge on any atom is -0.338 e. The van der Waals surface area contributed by atoms with Crippen LogP contribution >= 0.6 is 35.0 Å². The predicted molar refractivity (Wildman–Crippen MR) is 132 cm³/mol. The molecule has 2 unspecified atom stereocenters. The van der Waals surface area contributed by atoms with Crippen molar-refractivity contribution in [3.05, 3.63) is 57.6 Å². The molecule has 2 heterocycles. The van der Waals surface area contributed by atoms with Gasteiger partial charge in [-0.05, 0) is 60.9 Å². The number of aryl methyl sites for hydroxylation is 1. The number of amides is 2. The van der Waals surface area contributed by atoms with E-state index in [0.717, 1.165) is 42.3 Å². The maximum Gasteiger partial charge on any atom is 0.255 e. The standard InChI is InChI=1S/C24H27Cl2N3O2S/c1-15-3-4-18(9-22(15)26)27-23(30)7-8-28-11-16-13-29(14-17(16)12-28)24(31)20-10-19(32-2)5-6-21(20)25/h3-6,9-10,16-17H,7-8,11-14H2,1-2H3,(H,27,30). The summed E-state index contributed by atoms with van der Waals surface area (Å²) in [5, 5.41) is 4.08. The van der Waals surface area contributed by atoms with Crippen molar-refractivity contribution in [1.29, 1.82) is 0 Å². The van der Waals surface area contributed by atoms with E-state index in [-0.39, 0.29) is 11.8 Å². The Hall–Kier alpha value is -1.73. The lowest BCUT2D eigenvalue weighted by atomic mass is 10.0. The molecule has 0 aromatic heterocycles. The van der Waals surface area contributed by atoms with E-state index in [1.165, 1.54) is 0 Å². The first-order valence-corrected chi connectivity index (χ1v) is 12.7. The number of anilines is 1. The van der Waals surface area contributed by atoms with Gasteiger partial charge in [-0.15, -0.1) is 11.8 Å². The van der Waals surface area contributed by atoms with Gasteiger partial charge in [-0.25, -0.2) is 0 Å². The Kier molecular flexibility index (Phi) is 7.35. The minimum atomic E-state index is -0.0119. The van der Waals surface area contributed by atoms with Gasteiger partial charge in [-0.3, -0.25) is 9.59 Å². The van der Waals surface area contributed by atoms with Crippen molar-refractivity contribution < 1.29 is 9.59 Å². The molecule has 0 saturated carbocycles. The van der Waals surface area contributed by atoms with E-state index in [1.807, 2.05) is 42.3 Å². The van der Waals surface area contributed by atoms with Gasteiger partial charge in [-0.1, -0.05) is 29.3 Å². The van der Waals surface area contributed by atoms with Crippen LogP contribution in [0.15, 0.2) is 41.3 Å². The van der Waals surface area contributed by atoms with Gasteiger partial charge in [0.15, 0.2) is 0 Å². The lowest BCUT2D eigenvalue weighted by Gasteiger charge is -2.22. The first kappa shape index (κ1) is 23.4. The van der Waals surface area contributed by atoms with Crippen LogP contribution in [0.3, 0.4) is 0 Å². The summed E-state index contributed by atoms with van der Waals surface area (Å²) in [6.07, 6.45) is 2.42. The summed E-state index contributed by atoms with van der Waals surface area (Å²) in [6.45, 7) is 5.96. The molecule has 32 heavy (non-hydrogen) atoms. The van der Waals surface area contributed by atoms with Crippen molar-refractivity contribution in [2.75, 3.05) is 44.3 Å². The first-order valence-electron chi connectivity index (χ1n) is 10.7. The molecular formula is C24H27Cl2N3O2S. The van der Waals surface area contributed by atoms with E-state index in [1.54, 1.807) is 23.9 Å². The summed E-state index contributed by atoms with van der Waals surface area (Å²) in [4.78, 5) is 30.7. The van der Waals surface area contributed by atoms with Crippen LogP contribution in [0.2, 0.25) is 10.0 Å². The Bertz CT molecular complexity index is 1020. The second-order valence-corrected chi connectivity index (χ2v) is 10.3. The highest BCUT2D eigenvalue weighted by atomic mass is 35.5. The van der Waals surface area contributed by atoms with Crippen LogP contribution in [0.1, 0.15) is 22.3 Å². The molecule has 170 valence electrons. The fraction of sp³-hybridized carbons (Fsp3) is 0.417. The number of nitrogens with zero attached hydrogens (tertiary/aromatic N) is 2. The summed E-state index contributed by atoms with van der Waals surface area (Å²) in [7, 11) is 0. The number of fused-ring (bicyclic) bond motifs is 1. The third-order valence-electron chi connectivity index (χ3n) is 6.36. The molecule has 2 aliphatic rings. The highest BCUT2D eigenvalue weighted by Gasteiger charge is 2.41. The van der Waals surface area contributed by atoms with Gasteiger partial charge < -0.3 is 15.1 Å². The monoisotopic (exact) mass is 491 g/mol. The number of rotatable bonds is 6. The average Bonchev–Trinajstić information content (AvgIpc) is 3.34. The van der Waals surface area contributed by atoms with Crippen LogP contribution < -0.4 is 5.32 Å². The quantitative estimate of drug-likeness (QED) is 0.573. The molecule has 0 bridgehead atoms. The maximum absolute atomic E-state index is 13.0. The lowest BCUT2D eigenvalue weighted by molar-refractivity contribution is -0.116. The zero-order chi connectivity index (χ0) is 22.8. The molecule has 1 N–H and O–H groups in total. The Morgan fingerprint density at radius 1 is 1.03 bits per heavy atom. The van der Waals surface area contributed by atoms with E-state index in [9.17, 15) is 9.59 Å². The molecule has 2 aromatic rings. The van der Waals surface area contributed by atoms with Crippen molar-refractivity contribution in [2.45, 2.75) is 18.2 Å². The summed E-state index contributed by atoms with van der Waals surface area (Å²) >= 11 is 14.0. The fourth-order valence-electron chi connectivity index (χ4n) is 4.56. The fourth-order valence-corrected chi connectivity index (χ4v) is 5.38. The second kappa shape index (κ2) is 10.0. The summed E-state index contributed by atoms with van der Waals surface area (Å²) in [6, 6.07) is 11.2. The molecule has 0 spiro atoms. The van der Waals surface area contributed by atoms with Gasteiger partial charge in [0.05, 0.1) is 10.6 Å². The van der Waals surface area contributed by atoms with Crippen LogP contribution in [0.5, 0.6) is 0 Å². The molecule has 2 amide bonds. The first-order chi connectivity index (χ1) is 15.3. The molecule has 2 saturated heterocycles. The van der Waals surface area contributed by atoms with Crippen LogP contribution in [0.25, 0.3) is 0 Å². The van der Waals surface area contributed by atoms with Crippen molar-refractivity contribution in [3.8, 4) is 0 Å². The van der Waals surface area contributed by atoms with E-state index >= 15 is 0 Å². The lowest BCUT2D eigenvalue weighted by Crippen LogP contribution is -2.34. The van der Waals surface area contributed by atoms with Crippen LogP contribution in [-0.4, -0.2) is 60.6 Å². The highest BCUT2D eigenvalue weighted by molar-refractivity contribution is 7.98. The Morgan fingerprint density at radius 3 is 2.41 bits per heavy atom. The predicted octanol–water partition coefficient (Wildman–Crippen LogP) is 5.06. The zero-order valence-electron chi connectivity index (χ0n) is 18.2. The average molecular weight is 492 g/mol. The van der Waals surface area contributed by atoms with E-state index in [0.29, 0.717) is 40.4 Å². The molecule has 0 radical (unpaired) electrons. The number of likely N-dealkylation sites (tertiary alicyclic amines) is 2. The highest BCUT2D eigenvalue weighted by Crippen LogP contribution is 2.33. The zero-order valence-corrected chi connectivity index (χ0v) is 20.6. The maximum atomic E-state index is 13.0. The van der Waals surface area contributed by atoms with E-state index < -0.39 is 0 Å². The van der Waals surface area contributed by atoms with Crippen molar-refractivity contribution >= 4 is 52.5 Å². The number of benzene rings is 2. The molecule has 2 aliphatic heterocycles. The molecule has 4 rings (SSSR count). The number of carbonyl (C=O) groups is 2. The van der Waals surface area contributed by atoms with E-state index in [2.05, 4.69) is 10.2 Å². The molecule has 8 heteroatoms. The number of thioether (sulfide) groups is 1. The molecule has 2 aromatic carbocycles. The molecular weight excluding hydrogens is 465 g/mol. The van der Waals surface area contributed by atoms with Gasteiger partial charge in [0.25, 0.3) is 5.91 Å². The van der Waals surface area contributed by atoms with Crippen molar-refractivity contribution in [3.63, 3.8) is 0 Å². The molecule has 2 fully saturated rings. The van der Waals surface area contributed by atoms with Gasteiger partial charge in [0, 0.05) is 54.8 Å². The van der Waals surface area contributed by atoms with E-state index in [4.69, 9.17) is 23.2 Å². The van der Waals surface area contributed by atoms with Crippen LogP contribution in [0.4, 0.5) is 5.69 Å². The molecule has 5 nitrogen and oxygen atoms in total. The third-order valence-corrected chi connectivity index (χ3v) is 7.83. The van der Waals surface area contributed by atoms with Gasteiger partial charge in [0.1, 0.15) is 0 Å². The number of nitrogens with one attached hydrogen (secondary N) is 1. The Labute approximate surface area is 203 Å². The van der Waals surface area contributed by atoms with Gasteiger partial charge >= 0.3 is 0 Å².